The molecular weight excluding hydrogens is 300 g/mol. The Morgan fingerprint density at radius 3 is 2.88 bits per heavy atom. The Labute approximate surface area is 113 Å². The molecule has 1 saturated carbocycles. The molecule has 0 saturated heterocycles. The SMILES string of the molecule is Brc1ccc(Oc2cnn(C3CCCC3)c2)s1. The monoisotopic (exact) mass is 312 g/mol. The first-order valence-electron chi connectivity index (χ1n) is 5.78. The van der Waals surface area contributed by atoms with Gasteiger partial charge in [-0.05, 0) is 40.9 Å². The minimum absolute atomic E-state index is 0.572. The highest BCUT2D eigenvalue weighted by molar-refractivity contribution is 9.11. The second kappa shape index (κ2) is 4.82. The number of hydrogen-bond donors (Lipinski definition) is 0. The number of hydrogen-bond acceptors (Lipinski definition) is 3. The predicted octanol–water partition coefficient (Wildman–Crippen LogP) is 4.61. The highest BCUT2D eigenvalue weighted by Crippen LogP contribution is 2.34. The molecule has 0 spiro atoms. The number of thiophene rings is 1. The quantitative estimate of drug-likeness (QED) is 0.827. The number of aromatic nitrogens is 2. The van der Waals surface area contributed by atoms with Gasteiger partial charge in [-0.25, -0.2) is 0 Å². The minimum atomic E-state index is 0.572. The van der Waals surface area contributed by atoms with E-state index in [1.165, 1.54) is 25.7 Å². The number of nitrogens with zero attached hydrogens (tertiary/aromatic N) is 2. The van der Waals surface area contributed by atoms with Gasteiger partial charge in [0.25, 0.3) is 0 Å². The van der Waals surface area contributed by atoms with Crippen molar-refractivity contribution < 1.29 is 4.74 Å². The van der Waals surface area contributed by atoms with E-state index in [1.807, 2.05) is 23.0 Å². The maximum absolute atomic E-state index is 5.74. The first-order valence-corrected chi connectivity index (χ1v) is 7.39. The summed E-state index contributed by atoms with van der Waals surface area (Å²) in [6.07, 6.45) is 8.92. The maximum atomic E-state index is 5.74. The van der Waals surface area contributed by atoms with Crippen molar-refractivity contribution >= 4 is 27.3 Å². The highest BCUT2D eigenvalue weighted by Gasteiger charge is 2.17. The van der Waals surface area contributed by atoms with Gasteiger partial charge in [0.05, 0.1) is 22.2 Å². The summed E-state index contributed by atoms with van der Waals surface area (Å²) in [5, 5.41) is 5.28. The molecular formula is C12H13BrN2OS. The predicted molar refractivity (Wildman–Crippen MR) is 71.8 cm³/mol. The van der Waals surface area contributed by atoms with Crippen molar-refractivity contribution in [2.24, 2.45) is 0 Å². The molecule has 2 heterocycles. The van der Waals surface area contributed by atoms with E-state index >= 15 is 0 Å². The average Bonchev–Trinajstić information content (AvgIpc) is 3.00. The van der Waals surface area contributed by atoms with Crippen LogP contribution in [-0.4, -0.2) is 9.78 Å². The van der Waals surface area contributed by atoms with Gasteiger partial charge >= 0.3 is 0 Å². The first-order chi connectivity index (χ1) is 8.31. The van der Waals surface area contributed by atoms with Gasteiger partial charge in [0.2, 0.25) is 0 Å². The van der Waals surface area contributed by atoms with Crippen LogP contribution in [0.5, 0.6) is 10.8 Å². The van der Waals surface area contributed by atoms with E-state index in [0.717, 1.165) is 14.6 Å². The van der Waals surface area contributed by atoms with E-state index in [9.17, 15) is 0 Å². The molecule has 0 unspecified atom stereocenters. The molecule has 0 amide bonds. The number of halogens is 1. The first kappa shape index (κ1) is 11.3. The summed E-state index contributed by atoms with van der Waals surface area (Å²) in [5.41, 5.74) is 0. The fourth-order valence-corrected chi connectivity index (χ4v) is 3.42. The van der Waals surface area contributed by atoms with Crippen LogP contribution in [0.15, 0.2) is 28.3 Å². The van der Waals surface area contributed by atoms with Crippen LogP contribution in [0.3, 0.4) is 0 Å². The molecule has 0 N–H and O–H groups in total. The van der Waals surface area contributed by atoms with Crippen molar-refractivity contribution in [3.05, 3.63) is 28.3 Å². The zero-order valence-electron chi connectivity index (χ0n) is 9.30. The van der Waals surface area contributed by atoms with Crippen LogP contribution in [0.1, 0.15) is 31.7 Å². The van der Waals surface area contributed by atoms with Crippen LogP contribution in [0, 0.1) is 0 Å². The fraction of sp³-hybridized carbons (Fsp3) is 0.417. The third kappa shape index (κ3) is 2.55. The summed E-state index contributed by atoms with van der Waals surface area (Å²) in [7, 11) is 0. The van der Waals surface area contributed by atoms with Crippen molar-refractivity contribution in [2.45, 2.75) is 31.7 Å². The molecule has 90 valence electrons. The maximum Gasteiger partial charge on any atom is 0.182 e. The molecule has 3 rings (SSSR count). The topological polar surface area (TPSA) is 27.1 Å². The standard InChI is InChI=1S/C12H13BrN2OS/c13-11-5-6-12(17-11)16-10-7-14-15(8-10)9-3-1-2-4-9/h5-9H,1-4H2. The van der Waals surface area contributed by atoms with Crippen LogP contribution >= 0.6 is 27.3 Å². The largest absolute Gasteiger partial charge is 0.443 e. The molecule has 1 aliphatic rings. The molecule has 1 fully saturated rings. The van der Waals surface area contributed by atoms with E-state index in [2.05, 4.69) is 21.0 Å². The van der Waals surface area contributed by atoms with Crippen molar-refractivity contribution in [3.63, 3.8) is 0 Å². The van der Waals surface area contributed by atoms with Crippen LogP contribution in [-0.2, 0) is 0 Å². The molecule has 2 aromatic rings. The molecule has 5 heteroatoms. The molecule has 3 nitrogen and oxygen atoms in total. The summed E-state index contributed by atoms with van der Waals surface area (Å²) < 4.78 is 8.87. The highest BCUT2D eigenvalue weighted by atomic mass is 79.9. The zero-order valence-corrected chi connectivity index (χ0v) is 11.7. The third-order valence-corrected chi connectivity index (χ3v) is 4.55. The lowest BCUT2D eigenvalue weighted by atomic mass is 10.3. The second-order valence-corrected chi connectivity index (χ2v) is 6.68. The smallest absolute Gasteiger partial charge is 0.182 e. The van der Waals surface area contributed by atoms with Crippen molar-refractivity contribution in [2.75, 3.05) is 0 Å². The van der Waals surface area contributed by atoms with Crippen LogP contribution in [0.4, 0.5) is 0 Å². The molecule has 2 aromatic heterocycles. The molecule has 0 aromatic carbocycles. The van der Waals surface area contributed by atoms with Gasteiger partial charge in [-0.3, -0.25) is 4.68 Å². The Bertz CT molecular complexity index is 502. The Morgan fingerprint density at radius 1 is 1.35 bits per heavy atom. The van der Waals surface area contributed by atoms with E-state index in [1.54, 1.807) is 17.5 Å². The van der Waals surface area contributed by atoms with E-state index in [0.29, 0.717) is 6.04 Å². The Hall–Kier alpha value is -0.810. The normalized spacial score (nSPS) is 16.5. The van der Waals surface area contributed by atoms with Gasteiger partial charge in [-0.2, -0.15) is 5.10 Å². The molecule has 0 aliphatic heterocycles. The van der Waals surface area contributed by atoms with Crippen molar-refractivity contribution in [3.8, 4) is 10.8 Å². The van der Waals surface area contributed by atoms with Crippen molar-refractivity contribution in [1.82, 2.24) is 9.78 Å². The number of ether oxygens (including phenoxy) is 1. The van der Waals surface area contributed by atoms with Gasteiger partial charge in [-0.15, -0.1) is 0 Å². The molecule has 0 atom stereocenters. The van der Waals surface area contributed by atoms with Gasteiger partial charge in [0.15, 0.2) is 10.8 Å². The van der Waals surface area contributed by atoms with Gasteiger partial charge in [0.1, 0.15) is 0 Å². The molecule has 17 heavy (non-hydrogen) atoms. The minimum Gasteiger partial charge on any atom is -0.443 e. The summed E-state index contributed by atoms with van der Waals surface area (Å²) >= 11 is 5.00. The van der Waals surface area contributed by atoms with Crippen LogP contribution < -0.4 is 4.74 Å². The summed E-state index contributed by atoms with van der Waals surface area (Å²) in [5.74, 6) is 0.825. The van der Waals surface area contributed by atoms with Gasteiger partial charge in [0, 0.05) is 0 Å². The lowest BCUT2D eigenvalue weighted by Gasteiger charge is -2.08. The Kier molecular flexibility index (Phi) is 3.20. The van der Waals surface area contributed by atoms with Crippen LogP contribution in [0.2, 0.25) is 0 Å². The second-order valence-electron chi connectivity index (χ2n) is 4.25. The molecule has 0 radical (unpaired) electrons. The molecule has 1 aliphatic carbocycles. The third-order valence-electron chi connectivity index (χ3n) is 3.04. The van der Waals surface area contributed by atoms with E-state index < -0.39 is 0 Å². The zero-order chi connectivity index (χ0) is 11.7. The van der Waals surface area contributed by atoms with Gasteiger partial charge < -0.3 is 4.74 Å². The Balaban J connectivity index is 1.71. The van der Waals surface area contributed by atoms with Gasteiger partial charge in [-0.1, -0.05) is 24.2 Å². The lowest BCUT2D eigenvalue weighted by Crippen LogP contribution is -2.04. The lowest BCUT2D eigenvalue weighted by molar-refractivity contribution is 0.459. The summed E-state index contributed by atoms with van der Waals surface area (Å²) in [6.45, 7) is 0. The number of rotatable bonds is 3. The van der Waals surface area contributed by atoms with Crippen molar-refractivity contribution in [1.29, 1.82) is 0 Å². The summed E-state index contributed by atoms with van der Waals surface area (Å²) in [6, 6.07) is 4.52. The molecule has 0 bridgehead atoms. The average molecular weight is 313 g/mol. The fourth-order valence-electron chi connectivity index (χ4n) is 2.21. The van der Waals surface area contributed by atoms with E-state index in [-0.39, 0.29) is 0 Å². The van der Waals surface area contributed by atoms with E-state index in [4.69, 9.17) is 4.74 Å². The van der Waals surface area contributed by atoms with Crippen LogP contribution in [0.25, 0.3) is 0 Å². The summed E-state index contributed by atoms with van der Waals surface area (Å²) in [4.78, 5) is 0. The Morgan fingerprint density at radius 2 is 2.18 bits per heavy atom.